The highest BCUT2D eigenvalue weighted by Crippen LogP contribution is 2.21. The van der Waals surface area contributed by atoms with Crippen LogP contribution in [0.1, 0.15) is 13.3 Å². The summed E-state index contributed by atoms with van der Waals surface area (Å²) in [6, 6.07) is -0.880. The predicted molar refractivity (Wildman–Crippen MR) is 36.8 cm³/mol. The lowest BCUT2D eigenvalue weighted by atomic mass is 9.98. The van der Waals surface area contributed by atoms with E-state index in [9.17, 15) is 14.0 Å². The molecule has 1 aliphatic rings. The van der Waals surface area contributed by atoms with Crippen LogP contribution in [0.3, 0.4) is 0 Å². The van der Waals surface area contributed by atoms with Gasteiger partial charge in [-0.1, -0.05) is 6.92 Å². The third-order valence-electron chi connectivity index (χ3n) is 1.82. The summed E-state index contributed by atoms with van der Waals surface area (Å²) < 4.78 is 13.4. The highest BCUT2D eigenvalue weighted by atomic mass is 19.1. The Labute approximate surface area is 67.9 Å². The van der Waals surface area contributed by atoms with E-state index in [0.717, 1.165) is 0 Å². The van der Waals surface area contributed by atoms with E-state index in [-0.39, 0.29) is 6.42 Å². The van der Waals surface area contributed by atoms with E-state index in [2.05, 4.69) is 0 Å². The number of amides is 3. The molecule has 12 heavy (non-hydrogen) atoms. The molecule has 0 aromatic rings. The molecule has 68 valence electrons. The Morgan fingerprint density at radius 2 is 2.25 bits per heavy atom. The number of nitrogens with one attached hydrogen (secondary N) is 2. The monoisotopic (exact) mass is 176 g/mol. The van der Waals surface area contributed by atoms with Crippen LogP contribution in [0, 0.1) is 0 Å². The molecule has 0 saturated carbocycles. The maximum atomic E-state index is 13.4. The molecule has 0 aromatic heterocycles. The summed E-state index contributed by atoms with van der Waals surface area (Å²) in [7, 11) is 0. The second-order valence-corrected chi connectivity index (χ2v) is 2.55. The van der Waals surface area contributed by atoms with Crippen molar-refractivity contribution in [1.82, 2.24) is 10.6 Å². The van der Waals surface area contributed by atoms with Gasteiger partial charge in [-0.15, -0.1) is 0 Å². The molecule has 1 fully saturated rings. The normalized spacial score (nSPS) is 35.8. The standard InChI is InChI=1S/C6H9FN2O3/c1-2-6(7)3(10)8-5(12)9-4(6)11/h3,10H,2H2,1H3,(H2,8,9,11,12)/t3-,6-/m0/s1. The first-order chi connectivity index (χ1) is 5.50. The Balaban J connectivity index is 2.87. The maximum absolute atomic E-state index is 13.4. The number of carbonyl (C=O) groups is 2. The van der Waals surface area contributed by atoms with E-state index >= 15 is 0 Å². The van der Waals surface area contributed by atoms with E-state index < -0.39 is 23.8 Å². The topological polar surface area (TPSA) is 78.4 Å². The lowest BCUT2D eigenvalue weighted by Gasteiger charge is -2.32. The zero-order valence-corrected chi connectivity index (χ0v) is 6.43. The van der Waals surface area contributed by atoms with Crippen molar-refractivity contribution in [3.63, 3.8) is 0 Å². The molecule has 2 atom stereocenters. The van der Waals surface area contributed by atoms with Gasteiger partial charge in [0.2, 0.25) is 5.67 Å². The van der Waals surface area contributed by atoms with Crippen LogP contribution in [-0.2, 0) is 4.79 Å². The van der Waals surface area contributed by atoms with E-state index in [0.29, 0.717) is 0 Å². The summed E-state index contributed by atoms with van der Waals surface area (Å²) in [5.41, 5.74) is -2.41. The number of urea groups is 1. The minimum absolute atomic E-state index is 0.194. The van der Waals surface area contributed by atoms with Crippen molar-refractivity contribution in [3.8, 4) is 0 Å². The van der Waals surface area contributed by atoms with Crippen LogP contribution in [0.4, 0.5) is 9.18 Å². The van der Waals surface area contributed by atoms with Gasteiger partial charge in [-0.3, -0.25) is 10.1 Å². The molecule has 0 unspecified atom stereocenters. The van der Waals surface area contributed by atoms with Crippen LogP contribution in [0.5, 0.6) is 0 Å². The van der Waals surface area contributed by atoms with Gasteiger partial charge in [0.05, 0.1) is 0 Å². The van der Waals surface area contributed by atoms with Crippen molar-refractivity contribution in [2.75, 3.05) is 0 Å². The zero-order valence-electron chi connectivity index (χ0n) is 6.43. The molecule has 1 rings (SSSR count). The van der Waals surface area contributed by atoms with Gasteiger partial charge in [-0.05, 0) is 6.42 Å². The lowest BCUT2D eigenvalue weighted by molar-refractivity contribution is -0.144. The van der Waals surface area contributed by atoms with Gasteiger partial charge in [-0.25, -0.2) is 9.18 Å². The van der Waals surface area contributed by atoms with Gasteiger partial charge in [0.1, 0.15) is 0 Å². The minimum atomic E-state index is -2.41. The number of hydrogen-bond acceptors (Lipinski definition) is 3. The summed E-state index contributed by atoms with van der Waals surface area (Å²) in [6.45, 7) is 1.40. The highest BCUT2D eigenvalue weighted by Gasteiger charge is 2.49. The van der Waals surface area contributed by atoms with E-state index in [1.54, 1.807) is 5.32 Å². The van der Waals surface area contributed by atoms with Crippen molar-refractivity contribution in [2.24, 2.45) is 0 Å². The largest absolute Gasteiger partial charge is 0.370 e. The number of halogens is 1. The summed E-state index contributed by atoms with van der Waals surface area (Å²) in [4.78, 5) is 21.4. The van der Waals surface area contributed by atoms with Crippen molar-refractivity contribution < 1.29 is 19.1 Å². The molecule has 3 amide bonds. The van der Waals surface area contributed by atoms with Crippen molar-refractivity contribution >= 4 is 11.9 Å². The number of aliphatic hydroxyl groups excluding tert-OH is 1. The SMILES string of the molecule is CC[C@@]1(F)C(=O)NC(=O)N[C@H]1O. The Bertz CT molecular complexity index is 233. The number of alkyl halides is 1. The number of aliphatic hydroxyl groups is 1. The van der Waals surface area contributed by atoms with Crippen molar-refractivity contribution in [2.45, 2.75) is 25.2 Å². The highest BCUT2D eigenvalue weighted by molar-refractivity contribution is 6.01. The zero-order chi connectivity index (χ0) is 9.35. The summed E-state index contributed by atoms with van der Waals surface area (Å²) in [5, 5.41) is 12.6. The third-order valence-corrected chi connectivity index (χ3v) is 1.82. The number of hydrogen-bond donors (Lipinski definition) is 3. The molecule has 6 heteroatoms. The quantitative estimate of drug-likeness (QED) is 0.492. The molecule has 1 heterocycles. The molecule has 3 N–H and O–H groups in total. The second kappa shape index (κ2) is 2.71. The predicted octanol–water partition coefficient (Wildman–Crippen LogP) is -0.738. The van der Waals surface area contributed by atoms with Crippen LogP contribution >= 0.6 is 0 Å². The number of rotatable bonds is 1. The summed E-state index contributed by atoms with van der Waals surface area (Å²) >= 11 is 0. The first kappa shape index (κ1) is 8.92. The fourth-order valence-electron chi connectivity index (χ4n) is 0.960. The van der Waals surface area contributed by atoms with Crippen molar-refractivity contribution in [1.29, 1.82) is 0 Å². The van der Waals surface area contributed by atoms with Gasteiger partial charge in [-0.2, -0.15) is 0 Å². The van der Waals surface area contributed by atoms with Crippen LogP contribution in [0.25, 0.3) is 0 Å². The Morgan fingerprint density at radius 1 is 1.67 bits per heavy atom. The average molecular weight is 176 g/mol. The van der Waals surface area contributed by atoms with E-state index in [1.807, 2.05) is 5.32 Å². The van der Waals surface area contributed by atoms with Crippen molar-refractivity contribution in [3.05, 3.63) is 0 Å². The second-order valence-electron chi connectivity index (χ2n) is 2.55. The fourth-order valence-corrected chi connectivity index (χ4v) is 0.960. The smallest absolute Gasteiger partial charge is 0.323 e. The van der Waals surface area contributed by atoms with Crippen LogP contribution < -0.4 is 10.6 Å². The van der Waals surface area contributed by atoms with Gasteiger partial charge in [0.15, 0.2) is 6.23 Å². The molecule has 0 aliphatic carbocycles. The molecule has 5 nitrogen and oxygen atoms in total. The molecule has 0 spiro atoms. The van der Waals surface area contributed by atoms with Crippen LogP contribution in [0.15, 0.2) is 0 Å². The lowest BCUT2D eigenvalue weighted by Crippen LogP contribution is -2.66. The average Bonchev–Trinajstić information content (AvgIpc) is 2.00. The molecule has 0 radical (unpaired) electrons. The Hall–Kier alpha value is -1.17. The Kier molecular flexibility index (Phi) is 2.01. The molecular formula is C6H9FN2O3. The van der Waals surface area contributed by atoms with Gasteiger partial charge in [0.25, 0.3) is 5.91 Å². The molecular weight excluding hydrogens is 167 g/mol. The van der Waals surface area contributed by atoms with E-state index in [4.69, 9.17) is 5.11 Å². The third kappa shape index (κ3) is 1.14. The summed E-state index contributed by atoms with van der Waals surface area (Å²) in [6.07, 6.45) is -1.95. The minimum Gasteiger partial charge on any atom is -0.370 e. The van der Waals surface area contributed by atoms with Crippen LogP contribution in [0.2, 0.25) is 0 Å². The first-order valence-corrected chi connectivity index (χ1v) is 3.49. The Morgan fingerprint density at radius 3 is 2.67 bits per heavy atom. The molecule has 0 bridgehead atoms. The molecule has 0 aromatic carbocycles. The van der Waals surface area contributed by atoms with Gasteiger partial charge < -0.3 is 10.4 Å². The number of imide groups is 1. The summed E-state index contributed by atoms with van der Waals surface area (Å²) in [5.74, 6) is -1.10. The fraction of sp³-hybridized carbons (Fsp3) is 0.667. The maximum Gasteiger partial charge on any atom is 0.323 e. The van der Waals surface area contributed by atoms with Crippen LogP contribution in [-0.4, -0.2) is 28.9 Å². The van der Waals surface area contributed by atoms with E-state index in [1.165, 1.54) is 6.92 Å². The first-order valence-electron chi connectivity index (χ1n) is 3.49. The molecule has 1 saturated heterocycles. The number of carbonyl (C=O) groups excluding carboxylic acids is 2. The van der Waals surface area contributed by atoms with Gasteiger partial charge in [0, 0.05) is 0 Å². The molecule has 1 aliphatic heterocycles. The van der Waals surface area contributed by atoms with Gasteiger partial charge >= 0.3 is 6.03 Å².